The van der Waals surface area contributed by atoms with Gasteiger partial charge in [0, 0.05) is 17.6 Å². The van der Waals surface area contributed by atoms with Crippen LogP contribution in [0.4, 0.5) is 17.2 Å². The van der Waals surface area contributed by atoms with E-state index in [-0.39, 0.29) is 16.7 Å². The molecule has 2 heterocycles. The first kappa shape index (κ1) is 13.3. The lowest BCUT2D eigenvalue weighted by Gasteiger charge is -2.08. The number of nitrogens with one attached hydrogen (secondary N) is 1. The van der Waals surface area contributed by atoms with Gasteiger partial charge in [0.1, 0.15) is 5.15 Å². The van der Waals surface area contributed by atoms with Crippen molar-refractivity contribution in [2.45, 2.75) is 0 Å². The molecule has 0 fully saturated rings. The zero-order valence-electron chi connectivity index (χ0n) is 10.7. The van der Waals surface area contributed by atoms with Crippen LogP contribution >= 0.6 is 11.6 Å². The van der Waals surface area contributed by atoms with Gasteiger partial charge >= 0.3 is 5.69 Å². The standard InChI is InChI=1S/C14H9ClN4O2/c15-12-7-6-11(19(20)21)14(18-12)17-10-5-1-3-9-4-2-8-16-13(9)10/h1-8H,(H,17,18). The van der Waals surface area contributed by atoms with E-state index in [1.807, 2.05) is 24.3 Å². The summed E-state index contributed by atoms with van der Waals surface area (Å²) in [6, 6.07) is 12.0. The summed E-state index contributed by atoms with van der Waals surface area (Å²) in [5.41, 5.74) is 1.19. The third kappa shape index (κ3) is 2.61. The maximum absolute atomic E-state index is 11.1. The molecule has 0 bridgehead atoms. The van der Waals surface area contributed by atoms with Gasteiger partial charge in [-0.05, 0) is 18.2 Å². The fourth-order valence-corrected chi connectivity index (χ4v) is 2.15. The number of fused-ring (bicyclic) bond motifs is 1. The van der Waals surface area contributed by atoms with E-state index in [0.717, 1.165) is 5.39 Å². The Morgan fingerprint density at radius 1 is 1.14 bits per heavy atom. The molecule has 0 amide bonds. The lowest BCUT2D eigenvalue weighted by molar-refractivity contribution is -0.384. The monoisotopic (exact) mass is 300 g/mol. The van der Waals surface area contributed by atoms with Crippen molar-refractivity contribution in [3.8, 4) is 0 Å². The van der Waals surface area contributed by atoms with Crippen LogP contribution in [0, 0.1) is 10.1 Å². The number of rotatable bonds is 3. The number of hydrogen-bond acceptors (Lipinski definition) is 5. The summed E-state index contributed by atoms with van der Waals surface area (Å²) >= 11 is 5.82. The number of benzene rings is 1. The number of para-hydroxylation sites is 1. The smallest absolute Gasteiger partial charge is 0.311 e. The van der Waals surface area contributed by atoms with E-state index < -0.39 is 4.92 Å². The second-order valence-corrected chi connectivity index (χ2v) is 4.65. The molecular formula is C14H9ClN4O2. The average molecular weight is 301 g/mol. The minimum atomic E-state index is -0.510. The molecule has 3 rings (SSSR count). The number of hydrogen-bond donors (Lipinski definition) is 1. The first-order valence-corrected chi connectivity index (χ1v) is 6.44. The third-order valence-corrected chi connectivity index (χ3v) is 3.13. The molecule has 0 aliphatic rings. The Labute approximate surface area is 124 Å². The Morgan fingerprint density at radius 3 is 2.76 bits per heavy atom. The van der Waals surface area contributed by atoms with Gasteiger partial charge < -0.3 is 5.32 Å². The maximum atomic E-state index is 11.1. The number of halogens is 1. The molecule has 0 atom stereocenters. The van der Waals surface area contributed by atoms with Crippen molar-refractivity contribution in [3.63, 3.8) is 0 Å². The summed E-state index contributed by atoms with van der Waals surface area (Å²) in [7, 11) is 0. The van der Waals surface area contributed by atoms with Crippen molar-refractivity contribution in [1.29, 1.82) is 0 Å². The lowest BCUT2D eigenvalue weighted by atomic mass is 10.2. The topological polar surface area (TPSA) is 81.0 Å². The van der Waals surface area contributed by atoms with Crippen molar-refractivity contribution in [2.24, 2.45) is 0 Å². The molecule has 7 heteroatoms. The normalized spacial score (nSPS) is 10.5. The number of nitro groups is 1. The average Bonchev–Trinajstić information content (AvgIpc) is 2.47. The van der Waals surface area contributed by atoms with Crippen molar-refractivity contribution >= 4 is 39.7 Å². The van der Waals surface area contributed by atoms with Crippen LogP contribution in [0.25, 0.3) is 10.9 Å². The lowest BCUT2D eigenvalue weighted by Crippen LogP contribution is -2.00. The highest BCUT2D eigenvalue weighted by Gasteiger charge is 2.16. The maximum Gasteiger partial charge on any atom is 0.311 e. The van der Waals surface area contributed by atoms with Crippen LogP contribution in [0.3, 0.4) is 0 Å². The minimum absolute atomic E-state index is 0.0886. The van der Waals surface area contributed by atoms with Crippen LogP contribution in [-0.2, 0) is 0 Å². The highest BCUT2D eigenvalue weighted by molar-refractivity contribution is 6.29. The molecule has 21 heavy (non-hydrogen) atoms. The molecule has 0 radical (unpaired) electrons. The van der Waals surface area contributed by atoms with E-state index in [0.29, 0.717) is 11.2 Å². The summed E-state index contributed by atoms with van der Waals surface area (Å²) in [6.45, 7) is 0. The van der Waals surface area contributed by atoms with Crippen LogP contribution in [0.5, 0.6) is 0 Å². The van der Waals surface area contributed by atoms with E-state index in [9.17, 15) is 10.1 Å². The first-order valence-electron chi connectivity index (χ1n) is 6.07. The van der Waals surface area contributed by atoms with Crippen LogP contribution in [-0.4, -0.2) is 14.9 Å². The van der Waals surface area contributed by atoms with E-state index in [1.165, 1.54) is 12.1 Å². The van der Waals surface area contributed by atoms with Crippen molar-refractivity contribution in [2.75, 3.05) is 5.32 Å². The van der Waals surface area contributed by atoms with E-state index >= 15 is 0 Å². The summed E-state index contributed by atoms with van der Waals surface area (Å²) in [6.07, 6.45) is 1.66. The Morgan fingerprint density at radius 2 is 1.95 bits per heavy atom. The number of pyridine rings is 2. The second kappa shape index (κ2) is 5.34. The molecule has 0 saturated heterocycles. The minimum Gasteiger partial charge on any atom is -0.333 e. The molecule has 0 saturated carbocycles. The molecule has 104 valence electrons. The Balaban J connectivity index is 2.11. The molecule has 1 aromatic carbocycles. The van der Waals surface area contributed by atoms with Crippen LogP contribution in [0.15, 0.2) is 48.7 Å². The fourth-order valence-electron chi connectivity index (χ4n) is 2.00. The predicted molar refractivity (Wildman–Crippen MR) is 80.9 cm³/mol. The van der Waals surface area contributed by atoms with Crippen molar-refractivity contribution in [1.82, 2.24) is 9.97 Å². The van der Waals surface area contributed by atoms with E-state index in [4.69, 9.17) is 11.6 Å². The molecule has 0 unspecified atom stereocenters. The van der Waals surface area contributed by atoms with Gasteiger partial charge in [0.2, 0.25) is 5.82 Å². The fraction of sp³-hybridized carbons (Fsp3) is 0. The predicted octanol–water partition coefficient (Wildman–Crippen LogP) is 3.94. The molecular weight excluding hydrogens is 292 g/mol. The van der Waals surface area contributed by atoms with E-state index in [2.05, 4.69) is 15.3 Å². The second-order valence-electron chi connectivity index (χ2n) is 4.26. The molecule has 3 aromatic rings. The Kier molecular flexibility index (Phi) is 3.37. The largest absolute Gasteiger partial charge is 0.333 e. The van der Waals surface area contributed by atoms with Gasteiger partial charge in [-0.1, -0.05) is 29.8 Å². The van der Waals surface area contributed by atoms with Crippen molar-refractivity contribution in [3.05, 3.63) is 63.9 Å². The van der Waals surface area contributed by atoms with Crippen LogP contribution in [0.2, 0.25) is 5.15 Å². The Hall–Kier alpha value is -2.73. The SMILES string of the molecule is O=[N+]([O-])c1ccc(Cl)nc1Nc1cccc2cccnc12. The van der Waals surface area contributed by atoms with Crippen LogP contribution < -0.4 is 5.32 Å². The molecule has 0 aliphatic heterocycles. The third-order valence-electron chi connectivity index (χ3n) is 2.92. The molecule has 1 N–H and O–H groups in total. The highest BCUT2D eigenvalue weighted by Crippen LogP contribution is 2.29. The zero-order chi connectivity index (χ0) is 14.8. The number of nitrogens with zero attached hydrogens (tertiary/aromatic N) is 3. The summed E-state index contributed by atoms with van der Waals surface area (Å²) in [5, 5.41) is 15.1. The van der Waals surface area contributed by atoms with Gasteiger partial charge in [-0.25, -0.2) is 4.98 Å². The Bertz CT molecular complexity index is 833. The molecule has 0 spiro atoms. The molecule has 2 aromatic heterocycles. The van der Waals surface area contributed by atoms with Crippen LogP contribution in [0.1, 0.15) is 0 Å². The van der Waals surface area contributed by atoms with Gasteiger partial charge in [-0.3, -0.25) is 15.1 Å². The summed E-state index contributed by atoms with van der Waals surface area (Å²) < 4.78 is 0. The molecule has 6 nitrogen and oxygen atoms in total. The van der Waals surface area contributed by atoms with Crippen molar-refractivity contribution < 1.29 is 4.92 Å². The summed E-state index contributed by atoms with van der Waals surface area (Å²) in [4.78, 5) is 18.8. The van der Waals surface area contributed by atoms with Gasteiger partial charge in [-0.2, -0.15) is 0 Å². The quantitative estimate of drug-likeness (QED) is 0.450. The van der Waals surface area contributed by atoms with Gasteiger partial charge in [0.05, 0.1) is 16.1 Å². The summed E-state index contributed by atoms with van der Waals surface area (Å²) in [5.74, 6) is 0.0886. The number of anilines is 2. The first-order chi connectivity index (χ1) is 10.1. The highest BCUT2D eigenvalue weighted by atomic mass is 35.5. The van der Waals surface area contributed by atoms with Gasteiger partial charge in [0.25, 0.3) is 0 Å². The van der Waals surface area contributed by atoms with Gasteiger partial charge in [0.15, 0.2) is 0 Å². The zero-order valence-corrected chi connectivity index (χ0v) is 11.4. The number of aromatic nitrogens is 2. The van der Waals surface area contributed by atoms with E-state index in [1.54, 1.807) is 12.3 Å². The molecule has 0 aliphatic carbocycles. The van der Waals surface area contributed by atoms with Gasteiger partial charge in [-0.15, -0.1) is 0 Å².